The fourth-order valence-corrected chi connectivity index (χ4v) is 2.91. The molecule has 0 fully saturated rings. The monoisotopic (exact) mass is 331 g/mol. The molecule has 10 heteroatoms. The van der Waals surface area contributed by atoms with E-state index >= 15 is 0 Å². The second kappa shape index (κ2) is 7.82. The van der Waals surface area contributed by atoms with Gasteiger partial charge in [-0.15, -0.1) is 0 Å². The van der Waals surface area contributed by atoms with E-state index in [4.69, 9.17) is 4.74 Å². The third kappa shape index (κ3) is 4.48. The van der Waals surface area contributed by atoms with Crippen molar-refractivity contribution in [3.63, 3.8) is 0 Å². The van der Waals surface area contributed by atoms with Crippen molar-refractivity contribution >= 4 is 21.6 Å². The lowest BCUT2D eigenvalue weighted by Crippen LogP contribution is -2.39. The number of carbonyl (C=O) groups is 1. The summed E-state index contributed by atoms with van der Waals surface area (Å²) in [6, 6.07) is 4.98. The molecule has 1 aromatic rings. The quantitative estimate of drug-likeness (QED) is 0.406. The largest absolute Gasteiger partial charge is 0.383 e. The third-order valence-electron chi connectivity index (χ3n) is 2.74. The average molecular weight is 331 g/mol. The molecule has 0 unspecified atom stereocenters. The van der Waals surface area contributed by atoms with Crippen LogP contribution in [0.1, 0.15) is 0 Å². The maximum atomic E-state index is 12.3. The van der Waals surface area contributed by atoms with Crippen molar-refractivity contribution in [1.29, 1.82) is 0 Å². The maximum absolute atomic E-state index is 12.3. The Morgan fingerprint density at radius 1 is 1.41 bits per heavy atom. The number of benzene rings is 1. The van der Waals surface area contributed by atoms with E-state index in [0.717, 1.165) is 16.4 Å². The molecule has 1 rings (SSSR count). The lowest BCUT2D eigenvalue weighted by molar-refractivity contribution is -0.387. The molecule has 9 nitrogen and oxygen atoms in total. The number of carbonyl (C=O) groups excluding carboxylic acids is 1. The molecule has 0 aliphatic rings. The van der Waals surface area contributed by atoms with Crippen molar-refractivity contribution in [1.82, 2.24) is 9.62 Å². The van der Waals surface area contributed by atoms with Crippen LogP contribution in [0.2, 0.25) is 0 Å². The summed E-state index contributed by atoms with van der Waals surface area (Å²) in [5.41, 5.74) is -0.533. The summed E-state index contributed by atoms with van der Waals surface area (Å²) in [5, 5.41) is 13.4. The lowest BCUT2D eigenvalue weighted by atomic mass is 10.3. The number of nitrogens with one attached hydrogen (secondary N) is 1. The van der Waals surface area contributed by atoms with Crippen LogP contribution in [0, 0.1) is 10.1 Å². The second-order valence-corrected chi connectivity index (χ2v) is 6.34. The molecule has 0 aliphatic carbocycles. The summed E-state index contributed by atoms with van der Waals surface area (Å²) in [6.07, 6.45) is 0. The summed E-state index contributed by atoms with van der Waals surface area (Å²) >= 11 is 0. The molecule has 1 N–H and O–H groups in total. The molecule has 0 heterocycles. The molecule has 1 amide bonds. The van der Waals surface area contributed by atoms with Gasteiger partial charge in [0.2, 0.25) is 15.9 Å². The van der Waals surface area contributed by atoms with Gasteiger partial charge in [0, 0.05) is 26.8 Å². The highest BCUT2D eigenvalue weighted by atomic mass is 32.2. The molecule has 1 aromatic carbocycles. The Hall–Kier alpha value is -2.04. The predicted molar refractivity (Wildman–Crippen MR) is 77.8 cm³/mol. The Kier molecular flexibility index (Phi) is 6.40. The first kappa shape index (κ1) is 18.0. The Morgan fingerprint density at radius 3 is 2.64 bits per heavy atom. The summed E-state index contributed by atoms with van der Waals surface area (Å²) < 4.78 is 30.2. The minimum Gasteiger partial charge on any atom is -0.383 e. The number of nitro benzene ring substituents is 1. The van der Waals surface area contributed by atoms with Crippen molar-refractivity contribution in [2.24, 2.45) is 0 Å². The van der Waals surface area contributed by atoms with Gasteiger partial charge in [-0.1, -0.05) is 12.1 Å². The summed E-state index contributed by atoms with van der Waals surface area (Å²) in [6.45, 7) is 0.0964. The van der Waals surface area contributed by atoms with E-state index in [2.05, 4.69) is 5.32 Å². The van der Waals surface area contributed by atoms with Crippen LogP contribution in [0.25, 0.3) is 0 Å². The topological polar surface area (TPSA) is 119 Å². The molecule has 22 heavy (non-hydrogen) atoms. The molecule has 0 aromatic heterocycles. The van der Waals surface area contributed by atoms with Gasteiger partial charge in [-0.2, -0.15) is 4.31 Å². The molecule has 0 bridgehead atoms. The first-order valence-corrected chi connectivity index (χ1v) is 7.70. The fourth-order valence-electron chi connectivity index (χ4n) is 1.63. The molecule has 0 radical (unpaired) electrons. The number of para-hydroxylation sites is 1. The van der Waals surface area contributed by atoms with E-state index < -0.39 is 38.0 Å². The highest BCUT2D eigenvalue weighted by molar-refractivity contribution is 7.89. The van der Waals surface area contributed by atoms with Gasteiger partial charge >= 0.3 is 0 Å². The average Bonchev–Trinajstić information content (AvgIpc) is 2.47. The van der Waals surface area contributed by atoms with Crippen LogP contribution >= 0.6 is 0 Å². The minimum atomic E-state index is -4.14. The molecule has 0 saturated carbocycles. The molecule has 0 atom stereocenters. The van der Waals surface area contributed by atoms with Crippen LogP contribution in [0.4, 0.5) is 5.69 Å². The van der Waals surface area contributed by atoms with Crippen molar-refractivity contribution in [2.75, 3.05) is 33.9 Å². The van der Waals surface area contributed by atoms with Crippen molar-refractivity contribution in [3.05, 3.63) is 34.4 Å². The Morgan fingerprint density at radius 2 is 2.05 bits per heavy atom. The van der Waals surface area contributed by atoms with Gasteiger partial charge in [0.15, 0.2) is 4.90 Å². The highest BCUT2D eigenvalue weighted by Gasteiger charge is 2.29. The number of hydrogen-bond acceptors (Lipinski definition) is 6. The number of sulfonamides is 1. The standard InChI is InChI=1S/C12H17N3O6S/c1-14(9-12(16)13-7-8-21-2)22(19,20)11-6-4-3-5-10(11)15(17)18/h3-6H,7-9H2,1-2H3,(H,13,16). The van der Waals surface area contributed by atoms with E-state index in [1.54, 1.807) is 0 Å². The molecule has 0 spiro atoms. The smallest absolute Gasteiger partial charge is 0.289 e. The summed E-state index contributed by atoms with van der Waals surface area (Å²) in [7, 11) is -1.49. The maximum Gasteiger partial charge on any atom is 0.289 e. The van der Waals surface area contributed by atoms with E-state index in [0.29, 0.717) is 6.61 Å². The lowest BCUT2D eigenvalue weighted by Gasteiger charge is -2.16. The van der Waals surface area contributed by atoms with Crippen molar-refractivity contribution in [2.45, 2.75) is 4.90 Å². The molecular formula is C12H17N3O6S. The van der Waals surface area contributed by atoms with Crippen LogP contribution in [0.3, 0.4) is 0 Å². The zero-order valence-corrected chi connectivity index (χ0v) is 13.0. The van der Waals surface area contributed by atoms with E-state index in [1.807, 2.05) is 0 Å². The van der Waals surface area contributed by atoms with E-state index in [1.165, 1.54) is 26.3 Å². The molecule has 0 saturated heterocycles. The first-order valence-electron chi connectivity index (χ1n) is 6.26. The highest BCUT2D eigenvalue weighted by Crippen LogP contribution is 2.25. The fraction of sp³-hybridized carbons (Fsp3) is 0.417. The Bertz CT molecular complexity index is 646. The number of hydrogen-bond donors (Lipinski definition) is 1. The van der Waals surface area contributed by atoms with Gasteiger partial charge in [-0.3, -0.25) is 14.9 Å². The van der Waals surface area contributed by atoms with Crippen LogP contribution in [-0.2, 0) is 19.6 Å². The van der Waals surface area contributed by atoms with Gasteiger partial charge in [0.1, 0.15) is 0 Å². The van der Waals surface area contributed by atoms with E-state index in [9.17, 15) is 23.3 Å². The number of amides is 1. The van der Waals surface area contributed by atoms with Crippen LogP contribution < -0.4 is 5.32 Å². The summed E-state index contributed by atoms with van der Waals surface area (Å²) in [5.74, 6) is -0.526. The van der Waals surface area contributed by atoms with Gasteiger partial charge < -0.3 is 10.1 Å². The number of likely N-dealkylation sites (N-methyl/N-ethyl adjacent to an activating group) is 1. The zero-order chi connectivity index (χ0) is 16.8. The number of nitro groups is 1. The number of ether oxygens (including phenoxy) is 1. The molecule has 0 aliphatic heterocycles. The molecular weight excluding hydrogens is 314 g/mol. The van der Waals surface area contributed by atoms with Crippen LogP contribution in [0.15, 0.2) is 29.2 Å². The number of methoxy groups -OCH3 is 1. The number of rotatable bonds is 8. The summed E-state index contributed by atoms with van der Waals surface area (Å²) in [4.78, 5) is 21.3. The normalized spacial score (nSPS) is 11.4. The van der Waals surface area contributed by atoms with Crippen molar-refractivity contribution < 1.29 is 22.9 Å². The van der Waals surface area contributed by atoms with E-state index in [-0.39, 0.29) is 6.54 Å². The van der Waals surface area contributed by atoms with Crippen molar-refractivity contribution in [3.8, 4) is 0 Å². The van der Waals surface area contributed by atoms with Crippen LogP contribution in [-0.4, -0.2) is 57.4 Å². The second-order valence-electron chi connectivity index (χ2n) is 4.33. The molecule has 122 valence electrons. The van der Waals surface area contributed by atoms with Gasteiger partial charge in [0.25, 0.3) is 5.69 Å². The van der Waals surface area contributed by atoms with Crippen LogP contribution in [0.5, 0.6) is 0 Å². The Balaban J connectivity index is 2.90. The van der Waals surface area contributed by atoms with Gasteiger partial charge in [-0.05, 0) is 6.07 Å². The minimum absolute atomic E-state index is 0.245. The first-order chi connectivity index (χ1) is 10.3. The Labute approximate surface area is 128 Å². The SMILES string of the molecule is COCCNC(=O)CN(C)S(=O)(=O)c1ccccc1[N+](=O)[O-]. The van der Waals surface area contributed by atoms with Gasteiger partial charge in [-0.25, -0.2) is 8.42 Å². The third-order valence-corrected chi connectivity index (χ3v) is 4.60. The van der Waals surface area contributed by atoms with Gasteiger partial charge in [0.05, 0.1) is 18.1 Å². The predicted octanol–water partition coefficient (Wildman–Crippen LogP) is -0.0221. The number of nitrogens with zero attached hydrogens (tertiary/aromatic N) is 2. The zero-order valence-electron chi connectivity index (χ0n) is 12.2.